The molecule has 3 heteroatoms. The molecule has 0 aromatic heterocycles. The van der Waals surface area contributed by atoms with E-state index in [4.69, 9.17) is 4.74 Å². The molecule has 1 saturated carbocycles. The maximum atomic E-state index is 12.1. The van der Waals surface area contributed by atoms with E-state index in [0.29, 0.717) is 0 Å². The lowest BCUT2D eigenvalue weighted by Crippen LogP contribution is -2.46. The first kappa shape index (κ1) is 14.6. The van der Waals surface area contributed by atoms with Crippen molar-refractivity contribution in [1.29, 1.82) is 0 Å². The lowest BCUT2D eigenvalue weighted by atomic mass is 9.72. The number of carbonyl (C=O) groups excluding carboxylic acids is 1. The zero-order chi connectivity index (χ0) is 14.7. The molecule has 114 valence electrons. The molecule has 1 spiro atoms. The third-order valence-corrected chi connectivity index (χ3v) is 5.33. The van der Waals surface area contributed by atoms with Gasteiger partial charge in [0.1, 0.15) is 0 Å². The van der Waals surface area contributed by atoms with E-state index in [0.717, 1.165) is 26.1 Å². The summed E-state index contributed by atoms with van der Waals surface area (Å²) in [7, 11) is 1.53. The van der Waals surface area contributed by atoms with Gasteiger partial charge in [-0.1, -0.05) is 36.8 Å². The maximum absolute atomic E-state index is 12.1. The molecule has 2 atom stereocenters. The second-order valence-electron chi connectivity index (χ2n) is 6.63. The predicted octanol–water partition coefficient (Wildman–Crippen LogP) is 3.24. The standard InChI is InChI=1S/C18H25NO2/c1-21-17(20)16-9-5-10-18(16)11-6-12-19(14-18)13-15-7-3-2-4-8-15/h2-4,7-8,16H,5-6,9-14H2,1H3/t16-,18-/m1/s1. The Balaban J connectivity index is 1.71. The van der Waals surface area contributed by atoms with Crippen LogP contribution >= 0.6 is 0 Å². The summed E-state index contributed by atoms with van der Waals surface area (Å²) in [5, 5.41) is 0. The molecule has 1 aliphatic heterocycles. The third-order valence-electron chi connectivity index (χ3n) is 5.33. The van der Waals surface area contributed by atoms with Crippen LogP contribution in [-0.2, 0) is 16.1 Å². The van der Waals surface area contributed by atoms with Crippen LogP contribution in [0.15, 0.2) is 30.3 Å². The molecule has 1 aromatic rings. The molecule has 0 amide bonds. The van der Waals surface area contributed by atoms with Crippen LogP contribution in [0.2, 0.25) is 0 Å². The predicted molar refractivity (Wildman–Crippen MR) is 82.7 cm³/mol. The van der Waals surface area contributed by atoms with Gasteiger partial charge in [-0.15, -0.1) is 0 Å². The maximum Gasteiger partial charge on any atom is 0.309 e. The van der Waals surface area contributed by atoms with Gasteiger partial charge in [-0.25, -0.2) is 0 Å². The van der Waals surface area contributed by atoms with E-state index in [9.17, 15) is 4.79 Å². The summed E-state index contributed by atoms with van der Waals surface area (Å²) in [5.74, 6) is 0.120. The number of methoxy groups -OCH3 is 1. The van der Waals surface area contributed by atoms with E-state index in [1.807, 2.05) is 0 Å². The first-order valence-corrected chi connectivity index (χ1v) is 8.08. The zero-order valence-corrected chi connectivity index (χ0v) is 12.9. The largest absolute Gasteiger partial charge is 0.469 e. The minimum absolute atomic E-state index is 0.00839. The number of ether oxygens (including phenoxy) is 1. The SMILES string of the molecule is COC(=O)[C@H]1CCC[C@]12CCCN(Cc1ccccc1)C2. The van der Waals surface area contributed by atoms with Gasteiger partial charge in [0.2, 0.25) is 0 Å². The minimum Gasteiger partial charge on any atom is -0.469 e. The van der Waals surface area contributed by atoms with Crippen molar-refractivity contribution in [2.24, 2.45) is 11.3 Å². The van der Waals surface area contributed by atoms with Crippen LogP contribution in [0, 0.1) is 11.3 Å². The molecule has 2 aliphatic rings. The van der Waals surface area contributed by atoms with Crippen LogP contribution < -0.4 is 0 Å². The van der Waals surface area contributed by atoms with Crippen molar-refractivity contribution in [2.45, 2.75) is 38.6 Å². The molecule has 21 heavy (non-hydrogen) atoms. The van der Waals surface area contributed by atoms with Gasteiger partial charge in [-0.2, -0.15) is 0 Å². The van der Waals surface area contributed by atoms with Gasteiger partial charge in [0.15, 0.2) is 0 Å². The zero-order valence-electron chi connectivity index (χ0n) is 12.9. The summed E-state index contributed by atoms with van der Waals surface area (Å²) in [6.45, 7) is 3.18. The lowest BCUT2D eigenvalue weighted by Gasteiger charge is -2.43. The van der Waals surface area contributed by atoms with Gasteiger partial charge in [-0.05, 0) is 43.2 Å². The number of carbonyl (C=O) groups is 1. The fourth-order valence-electron chi connectivity index (χ4n) is 4.37. The molecule has 1 saturated heterocycles. The molecule has 3 nitrogen and oxygen atoms in total. The van der Waals surface area contributed by atoms with Crippen LogP contribution in [-0.4, -0.2) is 31.1 Å². The summed E-state index contributed by atoms with van der Waals surface area (Å²) < 4.78 is 5.06. The number of hydrogen-bond donors (Lipinski definition) is 0. The van der Waals surface area contributed by atoms with Crippen molar-refractivity contribution in [2.75, 3.05) is 20.2 Å². The van der Waals surface area contributed by atoms with E-state index in [2.05, 4.69) is 35.2 Å². The second-order valence-corrected chi connectivity index (χ2v) is 6.63. The molecule has 0 radical (unpaired) electrons. The van der Waals surface area contributed by atoms with Crippen LogP contribution in [0.1, 0.15) is 37.7 Å². The normalized spacial score (nSPS) is 29.7. The quantitative estimate of drug-likeness (QED) is 0.799. The Labute approximate surface area is 127 Å². The highest BCUT2D eigenvalue weighted by molar-refractivity contribution is 5.73. The van der Waals surface area contributed by atoms with Crippen molar-refractivity contribution in [3.05, 3.63) is 35.9 Å². The third kappa shape index (κ3) is 2.98. The Hall–Kier alpha value is -1.35. The highest BCUT2D eigenvalue weighted by Gasteiger charge is 2.49. The van der Waals surface area contributed by atoms with Crippen molar-refractivity contribution in [3.8, 4) is 0 Å². The number of piperidine rings is 1. The smallest absolute Gasteiger partial charge is 0.309 e. The fraction of sp³-hybridized carbons (Fsp3) is 0.611. The molecule has 1 heterocycles. The van der Waals surface area contributed by atoms with Gasteiger partial charge in [0.25, 0.3) is 0 Å². The van der Waals surface area contributed by atoms with E-state index in [1.54, 1.807) is 0 Å². The molecular weight excluding hydrogens is 262 g/mol. The van der Waals surface area contributed by atoms with Crippen molar-refractivity contribution in [3.63, 3.8) is 0 Å². The number of benzene rings is 1. The highest BCUT2D eigenvalue weighted by Crippen LogP contribution is 2.49. The van der Waals surface area contributed by atoms with Crippen molar-refractivity contribution >= 4 is 5.97 Å². The minimum atomic E-state index is 0.00839. The Morgan fingerprint density at radius 1 is 1.29 bits per heavy atom. The number of hydrogen-bond acceptors (Lipinski definition) is 3. The van der Waals surface area contributed by atoms with Crippen LogP contribution in [0.3, 0.4) is 0 Å². The summed E-state index contributed by atoms with van der Waals surface area (Å²) in [6, 6.07) is 10.6. The van der Waals surface area contributed by atoms with Gasteiger partial charge in [-0.3, -0.25) is 9.69 Å². The Bertz CT molecular complexity index is 487. The van der Waals surface area contributed by atoms with Crippen LogP contribution in [0.4, 0.5) is 0 Å². The summed E-state index contributed by atoms with van der Waals surface area (Å²) in [5.41, 5.74) is 1.53. The van der Waals surface area contributed by atoms with Gasteiger partial charge >= 0.3 is 5.97 Å². The molecule has 2 fully saturated rings. The van der Waals surface area contributed by atoms with E-state index in [1.165, 1.54) is 38.4 Å². The summed E-state index contributed by atoms with van der Waals surface area (Å²) in [4.78, 5) is 14.6. The Morgan fingerprint density at radius 2 is 2.05 bits per heavy atom. The molecule has 1 aliphatic carbocycles. The molecule has 0 unspecified atom stereocenters. The van der Waals surface area contributed by atoms with Crippen molar-refractivity contribution in [1.82, 2.24) is 4.90 Å². The molecule has 1 aromatic carbocycles. The number of nitrogens with zero attached hydrogens (tertiary/aromatic N) is 1. The number of esters is 1. The first-order valence-electron chi connectivity index (χ1n) is 8.08. The van der Waals surface area contributed by atoms with Crippen LogP contribution in [0.5, 0.6) is 0 Å². The van der Waals surface area contributed by atoms with Crippen molar-refractivity contribution < 1.29 is 9.53 Å². The van der Waals surface area contributed by atoms with Gasteiger partial charge in [0, 0.05) is 13.1 Å². The average Bonchev–Trinajstić information content (AvgIpc) is 2.90. The second kappa shape index (κ2) is 6.18. The molecular formula is C18H25NO2. The first-order chi connectivity index (χ1) is 10.2. The highest BCUT2D eigenvalue weighted by atomic mass is 16.5. The van der Waals surface area contributed by atoms with Crippen LogP contribution in [0.25, 0.3) is 0 Å². The molecule has 3 rings (SSSR count). The van der Waals surface area contributed by atoms with Gasteiger partial charge < -0.3 is 4.74 Å². The van der Waals surface area contributed by atoms with Gasteiger partial charge in [0.05, 0.1) is 13.0 Å². The number of likely N-dealkylation sites (tertiary alicyclic amines) is 1. The summed E-state index contributed by atoms with van der Waals surface area (Å²) in [6.07, 6.45) is 5.72. The molecule has 0 N–H and O–H groups in total. The fourth-order valence-corrected chi connectivity index (χ4v) is 4.37. The number of rotatable bonds is 3. The topological polar surface area (TPSA) is 29.5 Å². The van der Waals surface area contributed by atoms with E-state index < -0.39 is 0 Å². The lowest BCUT2D eigenvalue weighted by molar-refractivity contribution is -0.151. The monoisotopic (exact) mass is 287 g/mol. The molecule has 0 bridgehead atoms. The van der Waals surface area contributed by atoms with E-state index >= 15 is 0 Å². The summed E-state index contributed by atoms with van der Waals surface area (Å²) >= 11 is 0. The Morgan fingerprint density at radius 3 is 2.81 bits per heavy atom. The van der Waals surface area contributed by atoms with E-state index in [-0.39, 0.29) is 17.3 Å². The average molecular weight is 287 g/mol. The Kier molecular flexibility index (Phi) is 4.29.